The van der Waals surface area contributed by atoms with Gasteiger partial charge in [-0.15, -0.1) is 0 Å². The van der Waals surface area contributed by atoms with Gasteiger partial charge >= 0.3 is 0 Å². The van der Waals surface area contributed by atoms with Crippen molar-refractivity contribution in [3.8, 4) is 0 Å². The monoisotopic (exact) mass is 429 g/mol. The summed E-state index contributed by atoms with van der Waals surface area (Å²) in [5.41, 5.74) is 2.24. The van der Waals surface area contributed by atoms with E-state index in [9.17, 15) is 13.2 Å². The SMILES string of the molecule is Cc1cc(S(=O)(=O)NC(C)(C)C2CCNCC2)ccc1NC(=O)c1ccccc1C. The average Bonchev–Trinajstić information content (AvgIpc) is 2.69. The van der Waals surface area contributed by atoms with E-state index in [2.05, 4.69) is 15.4 Å². The van der Waals surface area contributed by atoms with Crippen LogP contribution in [0.1, 0.15) is 48.2 Å². The second kappa shape index (κ2) is 8.88. The first kappa shape index (κ1) is 22.5. The summed E-state index contributed by atoms with van der Waals surface area (Å²) in [5, 5.41) is 6.20. The number of anilines is 1. The average molecular weight is 430 g/mol. The van der Waals surface area contributed by atoms with Gasteiger partial charge in [0.05, 0.1) is 4.90 Å². The van der Waals surface area contributed by atoms with E-state index in [1.165, 1.54) is 0 Å². The summed E-state index contributed by atoms with van der Waals surface area (Å²) in [6, 6.07) is 12.2. The zero-order valence-electron chi connectivity index (χ0n) is 18.1. The highest BCUT2D eigenvalue weighted by molar-refractivity contribution is 7.89. The highest BCUT2D eigenvalue weighted by Gasteiger charge is 2.34. The summed E-state index contributed by atoms with van der Waals surface area (Å²) in [6.45, 7) is 9.39. The van der Waals surface area contributed by atoms with Crippen LogP contribution in [0.15, 0.2) is 47.4 Å². The van der Waals surface area contributed by atoms with Gasteiger partial charge in [0.2, 0.25) is 10.0 Å². The predicted octanol–water partition coefficient (Wildman–Crippen LogP) is 3.61. The molecule has 6 nitrogen and oxygen atoms in total. The maximum Gasteiger partial charge on any atom is 0.255 e. The highest BCUT2D eigenvalue weighted by atomic mass is 32.2. The molecule has 7 heteroatoms. The van der Waals surface area contributed by atoms with E-state index in [-0.39, 0.29) is 16.7 Å². The van der Waals surface area contributed by atoms with Crippen molar-refractivity contribution >= 4 is 21.6 Å². The van der Waals surface area contributed by atoms with Crippen LogP contribution < -0.4 is 15.4 Å². The van der Waals surface area contributed by atoms with E-state index in [1.54, 1.807) is 31.2 Å². The van der Waals surface area contributed by atoms with E-state index >= 15 is 0 Å². The van der Waals surface area contributed by atoms with Gasteiger partial charge in [0.1, 0.15) is 0 Å². The molecule has 1 fully saturated rings. The summed E-state index contributed by atoms with van der Waals surface area (Å²) in [5.74, 6) is 0.0688. The molecule has 0 saturated carbocycles. The normalized spacial score (nSPS) is 15.7. The third-order valence-electron chi connectivity index (χ3n) is 5.90. The number of rotatable bonds is 6. The first-order valence-corrected chi connectivity index (χ1v) is 11.8. The van der Waals surface area contributed by atoms with Gasteiger partial charge in [-0.25, -0.2) is 13.1 Å². The van der Waals surface area contributed by atoms with Gasteiger partial charge in [-0.1, -0.05) is 18.2 Å². The maximum atomic E-state index is 13.0. The molecule has 3 rings (SSSR count). The minimum absolute atomic E-state index is 0.205. The number of amides is 1. The molecule has 162 valence electrons. The van der Waals surface area contributed by atoms with Crippen molar-refractivity contribution in [3.05, 3.63) is 59.2 Å². The lowest BCUT2D eigenvalue weighted by atomic mass is 9.82. The van der Waals surface area contributed by atoms with Gasteiger partial charge < -0.3 is 10.6 Å². The first-order valence-electron chi connectivity index (χ1n) is 10.3. The number of hydrogen-bond acceptors (Lipinski definition) is 4. The minimum atomic E-state index is -3.68. The van der Waals surface area contributed by atoms with Crippen molar-refractivity contribution in [2.24, 2.45) is 5.92 Å². The molecular weight excluding hydrogens is 398 g/mol. The molecule has 0 bridgehead atoms. The third kappa shape index (κ3) is 5.09. The molecule has 0 radical (unpaired) electrons. The summed E-state index contributed by atoms with van der Waals surface area (Å²) in [7, 11) is -3.68. The molecule has 1 heterocycles. The molecule has 0 spiro atoms. The van der Waals surface area contributed by atoms with Crippen molar-refractivity contribution in [1.82, 2.24) is 10.0 Å². The van der Waals surface area contributed by atoms with Crippen LogP contribution in [0, 0.1) is 19.8 Å². The third-order valence-corrected chi connectivity index (χ3v) is 7.57. The summed E-state index contributed by atoms with van der Waals surface area (Å²) < 4.78 is 29.0. The van der Waals surface area contributed by atoms with E-state index in [0.717, 1.165) is 31.5 Å². The number of carbonyl (C=O) groups is 1. The molecule has 1 amide bonds. The van der Waals surface area contributed by atoms with Crippen LogP contribution in [-0.2, 0) is 10.0 Å². The van der Waals surface area contributed by atoms with Crippen molar-refractivity contribution in [1.29, 1.82) is 0 Å². The van der Waals surface area contributed by atoms with Crippen LogP contribution >= 0.6 is 0 Å². The van der Waals surface area contributed by atoms with Gasteiger partial charge in [-0.05, 0) is 94.9 Å². The lowest BCUT2D eigenvalue weighted by molar-refractivity contribution is 0.102. The molecule has 1 aliphatic rings. The molecule has 0 unspecified atom stereocenters. The van der Waals surface area contributed by atoms with Gasteiger partial charge in [0, 0.05) is 16.8 Å². The molecule has 0 atom stereocenters. The number of benzene rings is 2. The van der Waals surface area contributed by atoms with E-state index in [0.29, 0.717) is 16.8 Å². The Morgan fingerprint density at radius 1 is 1.03 bits per heavy atom. The highest BCUT2D eigenvalue weighted by Crippen LogP contribution is 2.28. The summed E-state index contributed by atoms with van der Waals surface area (Å²) in [6.07, 6.45) is 1.89. The number of aryl methyl sites for hydroxylation is 2. The van der Waals surface area contributed by atoms with Crippen LogP contribution in [0.25, 0.3) is 0 Å². The number of piperidine rings is 1. The van der Waals surface area contributed by atoms with Gasteiger partial charge in [0.25, 0.3) is 5.91 Å². The van der Waals surface area contributed by atoms with Crippen molar-refractivity contribution in [3.63, 3.8) is 0 Å². The molecule has 2 aromatic carbocycles. The van der Waals surface area contributed by atoms with Crippen molar-refractivity contribution in [2.75, 3.05) is 18.4 Å². The Morgan fingerprint density at radius 2 is 1.70 bits per heavy atom. The number of carbonyl (C=O) groups excluding carboxylic acids is 1. The molecule has 30 heavy (non-hydrogen) atoms. The standard InChI is InChI=1S/C23H31N3O3S/c1-16-7-5-6-8-20(16)22(27)25-21-10-9-19(15-17(21)2)30(28,29)26-23(3,4)18-11-13-24-14-12-18/h5-10,15,18,24,26H,11-14H2,1-4H3,(H,25,27). The lowest BCUT2D eigenvalue weighted by Gasteiger charge is -2.37. The van der Waals surface area contributed by atoms with Crippen LogP contribution in [-0.4, -0.2) is 33.0 Å². The maximum absolute atomic E-state index is 13.0. The number of nitrogens with one attached hydrogen (secondary N) is 3. The van der Waals surface area contributed by atoms with Crippen molar-refractivity contribution in [2.45, 2.75) is 51.0 Å². The Balaban J connectivity index is 1.76. The fourth-order valence-corrected chi connectivity index (χ4v) is 5.55. The molecule has 1 saturated heterocycles. The zero-order chi connectivity index (χ0) is 21.9. The molecule has 1 aliphatic heterocycles. The van der Waals surface area contributed by atoms with E-state index < -0.39 is 15.6 Å². The van der Waals surface area contributed by atoms with Gasteiger partial charge in [-0.3, -0.25) is 4.79 Å². The molecule has 0 aliphatic carbocycles. The minimum Gasteiger partial charge on any atom is -0.322 e. The topological polar surface area (TPSA) is 87.3 Å². The second-order valence-electron chi connectivity index (χ2n) is 8.60. The number of sulfonamides is 1. The fraction of sp³-hybridized carbons (Fsp3) is 0.435. The fourth-order valence-electron chi connectivity index (χ4n) is 3.99. The quantitative estimate of drug-likeness (QED) is 0.655. The largest absolute Gasteiger partial charge is 0.322 e. The summed E-state index contributed by atoms with van der Waals surface area (Å²) >= 11 is 0. The summed E-state index contributed by atoms with van der Waals surface area (Å²) in [4.78, 5) is 12.8. The van der Waals surface area contributed by atoms with Crippen LogP contribution in [0.3, 0.4) is 0 Å². The number of hydrogen-bond donors (Lipinski definition) is 3. The zero-order valence-corrected chi connectivity index (χ0v) is 18.9. The van der Waals surface area contributed by atoms with Crippen LogP contribution in [0.2, 0.25) is 0 Å². The smallest absolute Gasteiger partial charge is 0.255 e. The van der Waals surface area contributed by atoms with Gasteiger partial charge in [-0.2, -0.15) is 0 Å². The Labute approximate surface area is 179 Å². The molecule has 3 N–H and O–H groups in total. The Bertz CT molecular complexity index is 1030. The van der Waals surface area contributed by atoms with Crippen molar-refractivity contribution < 1.29 is 13.2 Å². The predicted molar refractivity (Wildman–Crippen MR) is 120 cm³/mol. The Hall–Kier alpha value is -2.22. The molecular formula is C23H31N3O3S. The lowest BCUT2D eigenvalue weighted by Crippen LogP contribution is -2.51. The van der Waals surface area contributed by atoms with E-state index in [4.69, 9.17) is 0 Å². The van der Waals surface area contributed by atoms with Crippen LogP contribution in [0.5, 0.6) is 0 Å². The first-order chi connectivity index (χ1) is 14.1. The molecule has 0 aromatic heterocycles. The Morgan fingerprint density at radius 3 is 2.33 bits per heavy atom. The van der Waals surface area contributed by atoms with E-state index in [1.807, 2.05) is 39.0 Å². The second-order valence-corrected chi connectivity index (χ2v) is 10.3. The van der Waals surface area contributed by atoms with Crippen LogP contribution in [0.4, 0.5) is 5.69 Å². The molecule has 2 aromatic rings. The Kier molecular flexibility index (Phi) is 6.65. The van der Waals surface area contributed by atoms with Gasteiger partial charge in [0.15, 0.2) is 0 Å².